The summed E-state index contributed by atoms with van der Waals surface area (Å²) < 4.78 is 0.798. The van der Waals surface area contributed by atoms with E-state index in [9.17, 15) is 4.79 Å². The third-order valence-electron chi connectivity index (χ3n) is 3.77. The first-order valence-corrected chi connectivity index (χ1v) is 7.48. The van der Waals surface area contributed by atoms with Crippen molar-refractivity contribution in [2.75, 3.05) is 13.1 Å². The Balaban J connectivity index is 2.18. The van der Waals surface area contributed by atoms with Gasteiger partial charge in [-0.1, -0.05) is 25.4 Å². The number of halogens is 2. The molecule has 2 rings (SSSR count). The van der Waals surface area contributed by atoms with Crippen LogP contribution in [0.3, 0.4) is 0 Å². The van der Waals surface area contributed by atoms with Crippen molar-refractivity contribution in [3.05, 3.63) is 33.3 Å². The van der Waals surface area contributed by atoms with E-state index in [4.69, 9.17) is 17.3 Å². The highest BCUT2D eigenvalue weighted by Gasteiger charge is 2.35. The van der Waals surface area contributed by atoms with E-state index < -0.39 is 0 Å². The standard InChI is InChI=1S/C14H18BrClN2O/c1-14(2)8-18(6-5-12(14)17)13(19)9-3-4-10(15)11(16)7-9/h3-4,7,12H,5-6,8,17H2,1-2H3. The van der Waals surface area contributed by atoms with Gasteiger partial charge in [0.25, 0.3) is 5.91 Å². The van der Waals surface area contributed by atoms with Crippen molar-refractivity contribution in [1.29, 1.82) is 0 Å². The first-order valence-electron chi connectivity index (χ1n) is 6.31. The Morgan fingerprint density at radius 3 is 2.79 bits per heavy atom. The van der Waals surface area contributed by atoms with Crippen LogP contribution in [0.5, 0.6) is 0 Å². The maximum absolute atomic E-state index is 12.5. The average molecular weight is 346 g/mol. The Bertz CT molecular complexity index is 504. The van der Waals surface area contributed by atoms with E-state index in [0.717, 1.165) is 10.9 Å². The molecule has 1 aliphatic heterocycles. The highest BCUT2D eigenvalue weighted by Crippen LogP contribution is 2.29. The molecule has 3 nitrogen and oxygen atoms in total. The molecule has 1 aliphatic rings. The normalized spacial score (nSPS) is 22.4. The number of likely N-dealkylation sites (tertiary alicyclic amines) is 1. The van der Waals surface area contributed by atoms with Crippen LogP contribution in [0.25, 0.3) is 0 Å². The third kappa shape index (κ3) is 3.12. The fraction of sp³-hybridized carbons (Fsp3) is 0.500. The Hall–Kier alpha value is -0.580. The molecule has 0 saturated carbocycles. The highest BCUT2D eigenvalue weighted by molar-refractivity contribution is 9.10. The van der Waals surface area contributed by atoms with Gasteiger partial charge in [-0.3, -0.25) is 4.79 Å². The second-order valence-electron chi connectivity index (χ2n) is 5.74. The van der Waals surface area contributed by atoms with Gasteiger partial charge in [0.05, 0.1) is 5.02 Å². The minimum Gasteiger partial charge on any atom is -0.338 e. The summed E-state index contributed by atoms with van der Waals surface area (Å²) in [5, 5.41) is 0.554. The lowest BCUT2D eigenvalue weighted by atomic mass is 9.79. The summed E-state index contributed by atoms with van der Waals surface area (Å²) in [6.07, 6.45) is 0.836. The van der Waals surface area contributed by atoms with Gasteiger partial charge in [-0.25, -0.2) is 0 Å². The van der Waals surface area contributed by atoms with E-state index in [2.05, 4.69) is 29.8 Å². The van der Waals surface area contributed by atoms with Crippen LogP contribution >= 0.6 is 27.5 Å². The quantitative estimate of drug-likeness (QED) is 0.849. The van der Waals surface area contributed by atoms with Crippen molar-refractivity contribution < 1.29 is 4.79 Å². The molecule has 1 fully saturated rings. The zero-order valence-corrected chi connectivity index (χ0v) is 13.5. The molecule has 1 atom stereocenters. The Kier molecular flexibility index (Phi) is 4.23. The molecule has 104 valence electrons. The first-order chi connectivity index (χ1) is 8.81. The molecule has 1 aromatic rings. The van der Waals surface area contributed by atoms with Crippen molar-refractivity contribution in [2.24, 2.45) is 11.1 Å². The Morgan fingerprint density at radius 2 is 2.21 bits per heavy atom. The largest absolute Gasteiger partial charge is 0.338 e. The van der Waals surface area contributed by atoms with Gasteiger partial charge in [0, 0.05) is 29.2 Å². The summed E-state index contributed by atoms with van der Waals surface area (Å²) in [5.41, 5.74) is 6.67. The minimum absolute atomic E-state index is 0.0226. The molecular weight excluding hydrogens is 328 g/mol. The molecule has 2 N–H and O–H groups in total. The number of hydrogen-bond acceptors (Lipinski definition) is 2. The van der Waals surface area contributed by atoms with Crippen molar-refractivity contribution in [1.82, 2.24) is 4.90 Å². The molecule has 0 radical (unpaired) electrons. The fourth-order valence-electron chi connectivity index (χ4n) is 2.36. The Morgan fingerprint density at radius 1 is 1.53 bits per heavy atom. The second-order valence-corrected chi connectivity index (χ2v) is 7.00. The molecule has 19 heavy (non-hydrogen) atoms. The maximum atomic E-state index is 12.5. The van der Waals surface area contributed by atoms with Crippen LogP contribution in [0.4, 0.5) is 0 Å². The lowest BCUT2D eigenvalue weighted by Crippen LogP contribution is -2.54. The first kappa shape index (κ1) is 14.8. The number of carbonyl (C=O) groups is 1. The number of nitrogens with zero attached hydrogens (tertiary/aromatic N) is 1. The van der Waals surface area contributed by atoms with Gasteiger partial charge in [0.2, 0.25) is 0 Å². The van der Waals surface area contributed by atoms with Crippen LogP contribution in [0.2, 0.25) is 5.02 Å². The van der Waals surface area contributed by atoms with Crippen molar-refractivity contribution in [3.63, 3.8) is 0 Å². The number of amides is 1. The van der Waals surface area contributed by atoms with Crippen LogP contribution < -0.4 is 5.73 Å². The molecule has 1 unspecified atom stereocenters. The predicted molar refractivity (Wildman–Crippen MR) is 81.4 cm³/mol. The van der Waals surface area contributed by atoms with Crippen LogP contribution in [0.15, 0.2) is 22.7 Å². The van der Waals surface area contributed by atoms with E-state index in [1.807, 2.05) is 4.90 Å². The number of carbonyl (C=O) groups excluding carboxylic acids is 1. The summed E-state index contributed by atoms with van der Waals surface area (Å²) in [6.45, 7) is 5.59. The van der Waals surface area contributed by atoms with Gasteiger partial charge in [-0.05, 0) is 46.0 Å². The zero-order valence-electron chi connectivity index (χ0n) is 11.1. The lowest BCUT2D eigenvalue weighted by molar-refractivity contribution is 0.0533. The van der Waals surface area contributed by atoms with E-state index in [1.165, 1.54) is 0 Å². The molecular formula is C14H18BrClN2O. The van der Waals surface area contributed by atoms with Crippen LogP contribution in [-0.4, -0.2) is 29.9 Å². The number of hydrogen-bond donors (Lipinski definition) is 1. The number of nitrogens with two attached hydrogens (primary N) is 1. The minimum atomic E-state index is -0.0485. The summed E-state index contributed by atoms with van der Waals surface area (Å²) in [7, 11) is 0. The predicted octanol–water partition coefficient (Wildman–Crippen LogP) is 3.30. The number of piperidine rings is 1. The van der Waals surface area contributed by atoms with Gasteiger partial charge in [0.1, 0.15) is 0 Å². The van der Waals surface area contributed by atoms with Crippen LogP contribution in [0.1, 0.15) is 30.6 Å². The van der Waals surface area contributed by atoms with Gasteiger partial charge in [-0.2, -0.15) is 0 Å². The van der Waals surface area contributed by atoms with Crippen molar-refractivity contribution in [2.45, 2.75) is 26.3 Å². The average Bonchev–Trinajstić information content (AvgIpc) is 2.35. The number of rotatable bonds is 1. The Labute approximate surface area is 127 Å². The molecule has 1 aromatic carbocycles. The number of benzene rings is 1. The van der Waals surface area contributed by atoms with Gasteiger partial charge in [-0.15, -0.1) is 0 Å². The molecule has 1 heterocycles. The summed E-state index contributed by atoms with van der Waals surface area (Å²) in [6, 6.07) is 5.44. The maximum Gasteiger partial charge on any atom is 0.253 e. The van der Waals surface area contributed by atoms with Gasteiger partial charge < -0.3 is 10.6 Å². The van der Waals surface area contributed by atoms with E-state index in [1.54, 1.807) is 18.2 Å². The van der Waals surface area contributed by atoms with Gasteiger partial charge >= 0.3 is 0 Å². The SMILES string of the molecule is CC1(C)CN(C(=O)c2ccc(Br)c(Cl)c2)CCC1N. The molecule has 0 bridgehead atoms. The zero-order chi connectivity index (χ0) is 14.2. The fourth-order valence-corrected chi connectivity index (χ4v) is 2.79. The van der Waals surface area contributed by atoms with Crippen LogP contribution in [-0.2, 0) is 0 Å². The molecule has 5 heteroatoms. The summed E-state index contributed by atoms with van der Waals surface area (Å²) >= 11 is 9.37. The van der Waals surface area contributed by atoms with E-state index in [-0.39, 0.29) is 17.4 Å². The lowest BCUT2D eigenvalue weighted by Gasteiger charge is -2.42. The topological polar surface area (TPSA) is 46.3 Å². The molecule has 0 aliphatic carbocycles. The summed E-state index contributed by atoms with van der Waals surface area (Å²) in [5.74, 6) is 0.0226. The van der Waals surface area contributed by atoms with Crippen molar-refractivity contribution >= 4 is 33.4 Å². The molecule has 0 aromatic heterocycles. The third-order valence-corrected chi connectivity index (χ3v) is 5.00. The van der Waals surface area contributed by atoms with Crippen LogP contribution in [0, 0.1) is 5.41 Å². The van der Waals surface area contributed by atoms with E-state index in [0.29, 0.717) is 23.7 Å². The second kappa shape index (κ2) is 5.43. The smallest absolute Gasteiger partial charge is 0.253 e. The monoisotopic (exact) mass is 344 g/mol. The molecule has 1 amide bonds. The highest BCUT2D eigenvalue weighted by atomic mass is 79.9. The molecule has 0 spiro atoms. The molecule has 1 saturated heterocycles. The van der Waals surface area contributed by atoms with E-state index >= 15 is 0 Å². The summed E-state index contributed by atoms with van der Waals surface area (Å²) in [4.78, 5) is 14.3. The van der Waals surface area contributed by atoms with Crippen molar-refractivity contribution in [3.8, 4) is 0 Å². The van der Waals surface area contributed by atoms with Gasteiger partial charge in [0.15, 0.2) is 0 Å².